The fourth-order valence-electron chi connectivity index (χ4n) is 3.20. The summed E-state index contributed by atoms with van der Waals surface area (Å²) in [5.41, 5.74) is 3.63. The highest BCUT2D eigenvalue weighted by Gasteiger charge is 2.23. The normalized spacial score (nSPS) is 12.7. The standard InChI is InChI=1S/C20H22N2O3/c1-14(23)22-10-9-16-12-17(7-8-19(16)22)20(24)21(2)13-15-5-4-6-18(11-15)25-3/h4-8,11-12H,9-10,13H2,1-3H3. The van der Waals surface area contributed by atoms with Crippen LogP contribution in [0.2, 0.25) is 0 Å². The first-order valence-electron chi connectivity index (χ1n) is 8.29. The van der Waals surface area contributed by atoms with E-state index in [4.69, 9.17) is 4.74 Å². The molecule has 5 heteroatoms. The van der Waals surface area contributed by atoms with Gasteiger partial charge in [0.1, 0.15) is 5.75 Å². The third-order valence-electron chi connectivity index (χ3n) is 4.50. The van der Waals surface area contributed by atoms with Crippen molar-refractivity contribution in [3.8, 4) is 5.75 Å². The van der Waals surface area contributed by atoms with Gasteiger partial charge in [-0.1, -0.05) is 12.1 Å². The van der Waals surface area contributed by atoms with E-state index in [9.17, 15) is 9.59 Å². The van der Waals surface area contributed by atoms with E-state index in [1.165, 1.54) is 0 Å². The van der Waals surface area contributed by atoms with Gasteiger partial charge in [-0.15, -0.1) is 0 Å². The molecule has 2 aromatic carbocycles. The molecule has 0 atom stereocenters. The average Bonchev–Trinajstić information content (AvgIpc) is 3.04. The summed E-state index contributed by atoms with van der Waals surface area (Å²) in [7, 11) is 3.42. The second-order valence-corrected chi connectivity index (χ2v) is 6.28. The van der Waals surface area contributed by atoms with Gasteiger partial charge in [-0.2, -0.15) is 0 Å². The van der Waals surface area contributed by atoms with Crippen LogP contribution in [0.25, 0.3) is 0 Å². The molecule has 0 saturated heterocycles. The molecule has 0 N–H and O–H groups in total. The molecule has 2 amide bonds. The molecule has 0 aliphatic carbocycles. The number of ether oxygens (including phenoxy) is 1. The monoisotopic (exact) mass is 338 g/mol. The molecule has 0 saturated carbocycles. The van der Waals surface area contributed by atoms with Crippen molar-refractivity contribution in [3.05, 3.63) is 59.2 Å². The lowest BCUT2D eigenvalue weighted by atomic mass is 10.1. The van der Waals surface area contributed by atoms with Crippen LogP contribution in [0.4, 0.5) is 5.69 Å². The highest BCUT2D eigenvalue weighted by molar-refractivity contribution is 5.97. The fraction of sp³-hybridized carbons (Fsp3) is 0.300. The maximum atomic E-state index is 12.7. The van der Waals surface area contributed by atoms with Crippen molar-refractivity contribution in [2.75, 3.05) is 25.6 Å². The van der Waals surface area contributed by atoms with Crippen LogP contribution < -0.4 is 9.64 Å². The van der Waals surface area contributed by atoms with Gasteiger partial charge in [0.25, 0.3) is 5.91 Å². The first-order valence-corrected chi connectivity index (χ1v) is 8.29. The van der Waals surface area contributed by atoms with Crippen LogP contribution in [0.1, 0.15) is 28.4 Å². The van der Waals surface area contributed by atoms with Crippen molar-refractivity contribution in [1.82, 2.24) is 4.90 Å². The average molecular weight is 338 g/mol. The number of carbonyl (C=O) groups is 2. The second kappa shape index (κ2) is 6.97. The zero-order chi connectivity index (χ0) is 18.0. The predicted octanol–water partition coefficient (Wildman–Crippen LogP) is 2.88. The minimum absolute atomic E-state index is 0.0352. The minimum Gasteiger partial charge on any atom is -0.497 e. The molecule has 0 unspecified atom stereocenters. The molecular weight excluding hydrogens is 316 g/mol. The van der Waals surface area contributed by atoms with Gasteiger partial charge in [-0.3, -0.25) is 9.59 Å². The number of carbonyl (C=O) groups excluding carboxylic acids is 2. The third kappa shape index (κ3) is 3.50. The first-order chi connectivity index (χ1) is 12.0. The number of amides is 2. The number of methoxy groups -OCH3 is 1. The summed E-state index contributed by atoms with van der Waals surface area (Å²) < 4.78 is 5.23. The van der Waals surface area contributed by atoms with Gasteiger partial charge in [0.15, 0.2) is 0 Å². The van der Waals surface area contributed by atoms with E-state index in [0.717, 1.165) is 29.0 Å². The lowest BCUT2D eigenvalue weighted by Gasteiger charge is -2.19. The molecule has 0 bridgehead atoms. The van der Waals surface area contributed by atoms with E-state index >= 15 is 0 Å². The summed E-state index contributed by atoms with van der Waals surface area (Å²) in [5.74, 6) is 0.778. The molecular formula is C20H22N2O3. The highest BCUT2D eigenvalue weighted by Crippen LogP contribution is 2.29. The number of nitrogens with zero attached hydrogens (tertiary/aromatic N) is 2. The van der Waals surface area contributed by atoms with E-state index in [1.807, 2.05) is 36.4 Å². The number of anilines is 1. The van der Waals surface area contributed by atoms with Crippen LogP contribution in [0.5, 0.6) is 5.75 Å². The van der Waals surface area contributed by atoms with Crippen LogP contribution in [0, 0.1) is 0 Å². The Morgan fingerprint density at radius 2 is 2.00 bits per heavy atom. The summed E-state index contributed by atoms with van der Waals surface area (Å²) in [6.07, 6.45) is 0.787. The molecule has 3 rings (SSSR count). The van der Waals surface area contributed by atoms with Crippen LogP contribution in [0.15, 0.2) is 42.5 Å². The summed E-state index contributed by atoms with van der Waals surface area (Å²) >= 11 is 0. The molecule has 0 radical (unpaired) electrons. The first kappa shape index (κ1) is 17.0. The van der Waals surface area contributed by atoms with Gasteiger partial charge in [0.05, 0.1) is 7.11 Å². The van der Waals surface area contributed by atoms with Crippen LogP contribution >= 0.6 is 0 Å². The lowest BCUT2D eigenvalue weighted by molar-refractivity contribution is -0.116. The summed E-state index contributed by atoms with van der Waals surface area (Å²) in [5, 5.41) is 0. The molecule has 1 heterocycles. The van der Waals surface area contributed by atoms with Gasteiger partial charge in [0.2, 0.25) is 5.91 Å². The van der Waals surface area contributed by atoms with E-state index in [2.05, 4.69) is 0 Å². The predicted molar refractivity (Wildman–Crippen MR) is 97.0 cm³/mol. The van der Waals surface area contributed by atoms with Crippen molar-refractivity contribution >= 4 is 17.5 Å². The molecule has 0 spiro atoms. The maximum absolute atomic E-state index is 12.7. The van der Waals surface area contributed by atoms with Crippen molar-refractivity contribution in [1.29, 1.82) is 0 Å². The van der Waals surface area contributed by atoms with Crippen molar-refractivity contribution in [2.24, 2.45) is 0 Å². The molecule has 5 nitrogen and oxygen atoms in total. The highest BCUT2D eigenvalue weighted by atomic mass is 16.5. The van der Waals surface area contributed by atoms with Gasteiger partial charge in [-0.05, 0) is 47.9 Å². The van der Waals surface area contributed by atoms with Gasteiger partial charge < -0.3 is 14.5 Å². The number of hydrogen-bond donors (Lipinski definition) is 0. The van der Waals surface area contributed by atoms with Crippen molar-refractivity contribution in [2.45, 2.75) is 19.9 Å². The molecule has 130 valence electrons. The lowest BCUT2D eigenvalue weighted by Crippen LogP contribution is -2.27. The Labute approximate surface area is 147 Å². The van der Waals surface area contributed by atoms with Gasteiger partial charge >= 0.3 is 0 Å². The zero-order valence-electron chi connectivity index (χ0n) is 14.8. The van der Waals surface area contributed by atoms with E-state index in [1.54, 1.807) is 36.9 Å². The quantitative estimate of drug-likeness (QED) is 0.861. The van der Waals surface area contributed by atoms with Gasteiger partial charge in [-0.25, -0.2) is 0 Å². The molecule has 2 aromatic rings. The fourth-order valence-corrected chi connectivity index (χ4v) is 3.20. The van der Waals surface area contributed by atoms with E-state index in [-0.39, 0.29) is 11.8 Å². The second-order valence-electron chi connectivity index (χ2n) is 6.28. The topological polar surface area (TPSA) is 49.9 Å². The molecule has 1 aliphatic rings. The maximum Gasteiger partial charge on any atom is 0.253 e. The third-order valence-corrected chi connectivity index (χ3v) is 4.50. The summed E-state index contributed by atoms with van der Waals surface area (Å²) in [4.78, 5) is 27.8. The molecule has 1 aliphatic heterocycles. The number of benzene rings is 2. The largest absolute Gasteiger partial charge is 0.497 e. The minimum atomic E-state index is -0.0353. The van der Waals surface area contributed by atoms with Crippen LogP contribution in [0.3, 0.4) is 0 Å². The number of fused-ring (bicyclic) bond motifs is 1. The zero-order valence-corrected chi connectivity index (χ0v) is 14.8. The smallest absolute Gasteiger partial charge is 0.253 e. The Hall–Kier alpha value is -2.82. The van der Waals surface area contributed by atoms with Crippen LogP contribution in [-0.2, 0) is 17.8 Å². The summed E-state index contributed by atoms with van der Waals surface area (Å²) in [6, 6.07) is 13.3. The Balaban J connectivity index is 1.75. The SMILES string of the molecule is COc1cccc(CN(C)C(=O)c2ccc3c(c2)CCN3C(C)=O)c1. The van der Waals surface area contributed by atoms with E-state index in [0.29, 0.717) is 18.7 Å². The number of rotatable bonds is 4. The number of hydrogen-bond acceptors (Lipinski definition) is 3. The summed E-state index contributed by atoms with van der Waals surface area (Å²) in [6.45, 7) is 2.75. The van der Waals surface area contributed by atoms with E-state index < -0.39 is 0 Å². The van der Waals surface area contributed by atoms with Crippen molar-refractivity contribution < 1.29 is 14.3 Å². The Morgan fingerprint density at radius 3 is 2.72 bits per heavy atom. The van der Waals surface area contributed by atoms with Crippen LogP contribution in [-0.4, -0.2) is 37.4 Å². The Kier molecular flexibility index (Phi) is 4.74. The molecule has 0 fully saturated rings. The Morgan fingerprint density at radius 1 is 1.20 bits per heavy atom. The Bertz CT molecular complexity index is 816. The molecule has 0 aromatic heterocycles. The van der Waals surface area contributed by atoms with Gasteiger partial charge in [0, 0.05) is 38.3 Å². The van der Waals surface area contributed by atoms with Crippen molar-refractivity contribution in [3.63, 3.8) is 0 Å². The molecule has 25 heavy (non-hydrogen) atoms.